The van der Waals surface area contributed by atoms with Crippen LogP contribution in [-0.2, 0) is 9.09 Å². The van der Waals surface area contributed by atoms with E-state index in [9.17, 15) is 8.96 Å². The van der Waals surface area contributed by atoms with E-state index in [0.29, 0.717) is 0 Å². The molecular weight excluding hydrogens is 130 g/mol. The molecule has 8 heavy (non-hydrogen) atoms. The van der Waals surface area contributed by atoms with Crippen LogP contribution >= 0.6 is 8.69 Å². The lowest BCUT2D eigenvalue weighted by atomic mass is 10.2. The van der Waals surface area contributed by atoms with Gasteiger partial charge in [-0.05, 0) is 13.8 Å². The Bertz CT molecular complexity index is 78.6. The van der Waals surface area contributed by atoms with Gasteiger partial charge in [0.15, 0.2) is 0 Å². The molecule has 0 N–H and O–H groups in total. The highest BCUT2D eigenvalue weighted by atomic mass is 31.1. The van der Waals surface area contributed by atoms with E-state index < -0.39 is 14.4 Å². The molecule has 4 heteroatoms. The minimum absolute atomic E-state index is 0.127. The quantitative estimate of drug-likeness (QED) is 0.557. The van der Waals surface area contributed by atoms with Gasteiger partial charge in [-0.3, -0.25) is 4.52 Å². The van der Waals surface area contributed by atoms with E-state index in [1.807, 2.05) is 0 Å². The van der Waals surface area contributed by atoms with Crippen LogP contribution in [0.3, 0.4) is 0 Å². The molecule has 0 rings (SSSR count). The van der Waals surface area contributed by atoms with Gasteiger partial charge in [0.2, 0.25) is 0 Å². The average Bonchev–Trinajstić information content (AvgIpc) is 1.59. The normalized spacial score (nSPS) is 12.4. The molecule has 48 valence electrons. The molecule has 0 aromatic heterocycles. The molecule has 0 atom stereocenters. The van der Waals surface area contributed by atoms with E-state index in [4.69, 9.17) is 0 Å². The van der Waals surface area contributed by atoms with Gasteiger partial charge in [-0.2, -0.15) is 0 Å². The summed E-state index contributed by atoms with van der Waals surface area (Å²) >= 11 is 0. The zero-order chi connectivity index (χ0) is 6.62. The SMILES string of the molecule is CC(C)(F)COP=O. The van der Waals surface area contributed by atoms with Gasteiger partial charge in [-0.15, -0.1) is 0 Å². The lowest BCUT2D eigenvalue weighted by Crippen LogP contribution is -2.17. The van der Waals surface area contributed by atoms with Gasteiger partial charge >= 0.3 is 8.69 Å². The third-order valence-corrected chi connectivity index (χ3v) is 0.695. The Morgan fingerprint density at radius 2 is 2.25 bits per heavy atom. The van der Waals surface area contributed by atoms with Crippen LogP contribution < -0.4 is 0 Å². The van der Waals surface area contributed by atoms with Gasteiger partial charge in [0.25, 0.3) is 0 Å². The molecule has 0 aliphatic rings. The van der Waals surface area contributed by atoms with Gasteiger partial charge in [0.1, 0.15) is 5.67 Å². The summed E-state index contributed by atoms with van der Waals surface area (Å²) in [7, 11) is -0.460. The molecule has 0 unspecified atom stereocenters. The molecule has 0 aliphatic heterocycles. The molecule has 0 radical (unpaired) electrons. The van der Waals surface area contributed by atoms with Gasteiger partial charge in [0.05, 0.1) is 6.61 Å². The van der Waals surface area contributed by atoms with Crippen molar-refractivity contribution in [1.82, 2.24) is 0 Å². The van der Waals surface area contributed by atoms with Crippen LogP contribution in [0.2, 0.25) is 0 Å². The van der Waals surface area contributed by atoms with Gasteiger partial charge in [0, 0.05) is 0 Å². The highest BCUT2D eigenvalue weighted by Crippen LogP contribution is 2.10. The van der Waals surface area contributed by atoms with Gasteiger partial charge < -0.3 is 0 Å². The molecule has 0 saturated carbocycles. The van der Waals surface area contributed by atoms with Crippen LogP contribution in [0.4, 0.5) is 4.39 Å². The van der Waals surface area contributed by atoms with Crippen LogP contribution in [0.15, 0.2) is 0 Å². The van der Waals surface area contributed by atoms with Crippen LogP contribution in [0.1, 0.15) is 13.8 Å². The van der Waals surface area contributed by atoms with Crippen molar-refractivity contribution in [2.45, 2.75) is 19.5 Å². The first-order valence-corrected chi connectivity index (χ1v) is 2.93. The molecular formula is C4H8FO2P. The standard InChI is InChI=1S/C4H8FO2P/c1-4(2,5)3-7-8-6/h3H2,1-2H3. The third-order valence-electron chi connectivity index (χ3n) is 0.460. The Hall–Kier alpha value is -0.0100. The van der Waals surface area contributed by atoms with Crippen LogP contribution in [-0.4, -0.2) is 12.3 Å². The summed E-state index contributed by atoms with van der Waals surface area (Å²) < 4.78 is 26.1. The molecule has 0 fully saturated rings. The fourth-order valence-corrected chi connectivity index (χ4v) is 0.540. The lowest BCUT2D eigenvalue weighted by molar-refractivity contribution is 0.130. The second-order valence-electron chi connectivity index (χ2n) is 2.07. The number of hydrogen-bond donors (Lipinski definition) is 0. The van der Waals surface area contributed by atoms with E-state index in [-0.39, 0.29) is 6.61 Å². The van der Waals surface area contributed by atoms with Crippen molar-refractivity contribution in [3.05, 3.63) is 0 Å². The molecule has 0 aromatic rings. The molecule has 2 nitrogen and oxygen atoms in total. The van der Waals surface area contributed by atoms with Crippen molar-refractivity contribution in [2.24, 2.45) is 0 Å². The Balaban J connectivity index is 3.24. The molecule has 0 spiro atoms. The molecule has 0 amide bonds. The van der Waals surface area contributed by atoms with Crippen LogP contribution in [0.25, 0.3) is 0 Å². The van der Waals surface area contributed by atoms with E-state index in [1.165, 1.54) is 13.8 Å². The second-order valence-corrected chi connectivity index (χ2v) is 2.47. The van der Waals surface area contributed by atoms with Crippen molar-refractivity contribution in [3.63, 3.8) is 0 Å². The first-order valence-electron chi connectivity index (χ1n) is 2.20. The summed E-state index contributed by atoms with van der Waals surface area (Å²) in [5.74, 6) is 0. The summed E-state index contributed by atoms with van der Waals surface area (Å²) in [6.07, 6.45) is 0. The molecule has 0 aromatic carbocycles. The Kier molecular flexibility index (Phi) is 3.10. The van der Waals surface area contributed by atoms with E-state index >= 15 is 0 Å². The number of rotatable bonds is 3. The first kappa shape index (κ1) is 7.99. The van der Waals surface area contributed by atoms with Crippen molar-refractivity contribution in [3.8, 4) is 0 Å². The zero-order valence-electron chi connectivity index (χ0n) is 4.85. The average molecular weight is 138 g/mol. The summed E-state index contributed by atoms with van der Waals surface area (Å²) in [6, 6.07) is 0. The van der Waals surface area contributed by atoms with Crippen molar-refractivity contribution in [2.75, 3.05) is 6.61 Å². The predicted molar refractivity (Wildman–Crippen MR) is 28.7 cm³/mol. The monoisotopic (exact) mass is 138 g/mol. The molecule has 0 saturated heterocycles. The van der Waals surface area contributed by atoms with Gasteiger partial charge in [-0.1, -0.05) is 0 Å². The lowest BCUT2D eigenvalue weighted by Gasteiger charge is -2.08. The van der Waals surface area contributed by atoms with Crippen molar-refractivity contribution >= 4 is 8.69 Å². The summed E-state index contributed by atoms with van der Waals surface area (Å²) in [4.78, 5) is 0. The van der Waals surface area contributed by atoms with Gasteiger partial charge in [-0.25, -0.2) is 8.96 Å². The zero-order valence-corrected chi connectivity index (χ0v) is 5.74. The Morgan fingerprint density at radius 1 is 1.75 bits per heavy atom. The number of halogens is 1. The summed E-state index contributed by atoms with van der Waals surface area (Å²) in [5.41, 5.74) is -1.38. The molecule has 0 bridgehead atoms. The Labute approximate surface area is 49.3 Å². The maximum absolute atomic E-state index is 12.3. The van der Waals surface area contributed by atoms with Crippen LogP contribution in [0.5, 0.6) is 0 Å². The fraction of sp³-hybridized carbons (Fsp3) is 1.00. The van der Waals surface area contributed by atoms with E-state index in [2.05, 4.69) is 4.52 Å². The van der Waals surface area contributed by atoms with Crippen molar-refractivity contribution < 1.29 is 13.5 Å². The third kappa shape index (κ3) is 5.99. The maximum Gasteiger partial charge on any atom is 0.327 e. The minimum atomic E-state index is -1.38. The summed E-state index contributed by atoms with van der Waals surface area (Å²) in [5, 5.41) is 0. The largest absolute Gasteiger partial charge is 0.327 e. The number of hydrogen-bond acceptors (Lipinski definition) is 2. The second kappa shape index (κ2) is 3.10. The minimum Gasteiger partial charge on any atom is -0.291 e. The Morgan fingerprint density at radius 3 is 2.38 bits per heavy atom. The highest BCUT2D eigenvalue weighted by Gasteiger charge is 2.14. The molecule has 0 heterocycles. The topological polar surface area (TPSA) is 26.3 Å². The smallest absolute Gasteiger partial charge is 0.291 e. The van der Waals surface area contributed by atoms with Crippen molar-refractivity contribution in [1.29, 1.82) is 0 Å². The number of alkyl halides is 1. The first-order chi connectivity index (χ1) is 3.56. The highest BCUT2D eigenvalue weighted by molar-refractivity contribution is 7.17. The van der Waals surface area contributed by atoms with E-state index in [1.54, 1.807) is 0 Å². The maximum atomic E-state index is 12.3. The summed E-state index contributed by atoms with van der Waals surface area (Å²) in [6.45, 7) is 2.59. The predicted octanol–water partition coefficient (Wildman–Crippen LogP) is 1.96. The van der Waals surface area contributed by atoms with Crippen LogP contribution in [0, 0.1) is 0 Å². The fourth-order valence-electron chi connectivity index (χ4n) is 0.180. The molecule has 0 aliphatic carbocycles. The van der Waals surface area contributed by atoms with E-state index in [0.717, 1.165) is 0 Å².